The maximum Gasteiger partial charge on any atom is 0.330 e. The first-order valence-electron chi connectivity index (χ1n) is 7.92. The Balaban J connectivity index is 2.44. The molecule has 0 aromatic heterocycles. The number of methoxy groups -OCH3 is 1. The van der Waals surface area contributed by atoms with Crippen LogP contribution in [0.5, 0.6) is 11.5 Å². The largest absolute Gasteiger partial charge is 0.493 e. The van der Waals surface area contributed by atoms with Crippen LogP contribution in [0.1, 0.15) is 17.2 Å². The standard InChI is InChI=1S/C18H20BrN3O5/c1-26-14-9-11(19)8-13(16(14)27-7-6-23)15(18(24)25)22-12-4-2-10(3-5-12)17(20)21/h2-5,8-9,15,22-23H,6-7H2,1H3,(H3,20,21)(H,24,25). The van der Waals surface area contributed by atoms with E-state index < -0.39 is 12.0 Å². The second-order valence-corrected chi connectivity index (χ2v) is 6.42. The van der Waals surface area contributed by atoms with E-state index in [1.165, 1.54) is 7.11 Å². The van der Waals surface area contributed by atoms with Crippen LogP contribution >= 0.6 is 15.9 Å². The molecule has 0 radical (unpaired) electrons. The summed E-state index contributed by atoms with van der Waals surface area (Å²) < 4.78 is 11.4. The monoisotopic (exact) mass is 437 g/mol. The molecule has 0 saturated carbocycles. The van der Waals surface area contributed by atoms with Crippen molar-refractivity contribution in [3.05, 3.63) is 52.0 Å². The van der Waals surface area contributed by atoms with Crippen molar-refractivity contribution in [2.45, 2.75) is 6.04 Å². The Bertz CT molecular complexity index is 826. The molecule has 0 fully saturated rings. The van der Waals surface area contributed by atoms with Crippen LogP contribution in [0.4, 0.5) is 5.69 Å². The number of nitrogens with one attached hydrogen (secondary N) is 2. The van der Waals surface area contributed by atoms with Gasteiger partial charge < -0.3 is 30.7 Å². The van der Waals surface area contributed by atoms with E-state index in [-0.39, 0.29) is 24.8 Å². The summed E-state index contributed by atoms with van der Waals surface area (Å²) in [7, 11) is 1.45. The highest BCUT2D eigenvalue weighted by Crippen LogP contribution is 2.39. The number of hydrogen-bond donors (Lipinski definition) is 5. The van der Waals surface area contributed by atoms with Crippen molar-refractivity contribution >= 4 is 33.4 Å². The van der Waals surface area contributed by atoms with Crippen molar-refractivity contribution in [2.75, 3.05) is 25.6 Å². The number of nitrogens with two attached hydrogens (primary N) is 1. The average Bonchev–Trinajstić information content (AvgIpc) is 2.64. The molecule has 2 rings (SSSR count). The summed E-state index contributed by atoms with van der Waals surface area (Å²) in [5.74, 6) is -0.629. The van der Waals surface area contributed by atoms with Gasteiger partial charge in [-0.2, -0.15) is 0 Å². The fourth-order valence-electron chi connectivity index (χ4n) is 2.44. The second-order valence-electron chi connectivity index (χ2n) is 5.51. The molecule has 2 aromatic rings. The van der Waals surface area contributed by atoms with Gasteiger partial charge in [-0.3, -0.25) is 5.41 Å². The van der Waals surface area contributed by atoms with E-state index in [0.29, 0.717) is 27.0 Å². The number of aliphatic hydroxyl groups is 1. The Morgan fingerprint density at radius 3 is 2.52 bits per heavy atom. The molecule has 0 amide bonds. The average molecular weight is 438 g/mol. The number of hydrogen-bond acceptors (Lipinski definition) is 6. The number of carbonyl (C=O) groups is 1. The molecule has 0 bridgehead atoms. The molecule has 27 heavy (non-hydrogen) atoms. The van der Waals surface area contributed by atoms with Gasteiger partial charge in [0.25, 0.3) is 0 Å². The molecule has 9 heteroatoms. The van der Waals surface area contributed by atoms with E-state index in [1.807, 2.05) is 0 Å². The Morgan fingerprint density at radius 1 is 1.33 bits per heavy atom. The number of carboxylic acid groups (broad SMARTS) is 1. The second kappa shape index (κ2) is 9.24. The number of carboxylic acids is 1. The first-order valence-corrected chi connectivity index (χ1v) is 8.71. The number of nitrogen functional groups attached to an aromatic ring is 1. The number of ether oxygens (including phenoxy) is 2. The van der Waals surface area contributed by atoms with Gasteiger partial charge in [0.05, 0.1) is 13.7 Å². The van der Waals surface area contributed by atoms with E-state index in [4.69, 9.17) is 25.7 Å². The summed E-state index contributed by atoms with van der Waals surface area (Å²) in [4.78, 5) is 11.9. The fourth-order valence-corrected chi connectivity index (χ4v) is 2.90. The molecule has 8 nitrogen and oxygen atoms in total. The van der Waals surface area contributed by atoms with Crippen LogP contribution in [0, 0.1) is 5.41 Å². The van der Waals surface area contributed by atoms with Crippen molar-refractivity contribution < 1.29 is 24.5 Å². The maximum atomic E-state index is 11.9. The summed E-state index contributed by atoms with van der Waals surface area (Å²) in [6.45, 7) is -0.235. The van der Waals surface area contributed by atoms with E-state index in [9.17, 15) is 9.90 Å². The van der Waals surface area contributed by atoms with Crippen LogP contribution < -0.4 is 20.5 Å². The Labute approximate surface area is 164 Å². The first kappa shape index (κ1) is 20.5. The SMILES string of the molecule is COc1cc(Br)cc(C(Nc2ccc(C(=N)N)cc2)C(=O)O)c1OCCO. The lowest BCUT2D eigenvalue weighted by molar-refractivity contribution is -0.138. The van der Waals surface area contributed by atoms with Crippen molar-refractivity contribution in [1.82, 2.24) is 0 Å². The van der Waals surface area contributed by atoms with Crippen LogP contribution in [0.25, 0.3) is 0 Å². The minimum absolute atomic E-state index is 0.00929. The highest BCUT2D eigenvalue weighted by atomic mass is 79.9. The molecule has 2 aromatic carbocycles. The predicted molar refractivity (Wildman–Crippen MR) is 105 cm³/mol. The molecule has 0 spiro atoms. The Morgan fingerprint density at radius 2 is 2.00 bits per heavy atom. The number of benzene rings is 2. The first-order chi connectivity index (χ1) is 12.9. The minimum atomic E-state index is -1.15. The summed E-state index contributed by atoms with van der Waals surface area (Å²) >= 11 is 3.34. The Kier molecular flexibility index (Phi) is 7.03. The summed E-state index contributed by atoms with van der Waals surface area (Å²) in [6.07, 6.45) is 0. The molecule has 6 N–H and O–H groups in total. The van der Waals surface area contributed by atoms with Gasteiger partial charge in [0, 0.05) is 21.3 Å². The van der Waals surface area contributed by atoms with Crippen molar-refractivity contribution in [3.8, 4) is 11.5 Å². The van der Waals surface area contributed by atoms with E-state index >= 15 is 0 Å². The van der Waals surface area contributed by atoms with Gasteiger partial charge in [0.1, 0.15) is 12.4 Å². The molecule has 0 aliphatic carbocycles. The van der Waals surface area contributed by atoms with Gasteiger partial charge in [-0.25, -0.2) is 4.79 Å². The summed E-state index contributed by atoms with van der Waals surface area (Å²) in [5, 5.41) is 29.2. The third-order valence-corrected chi connectivity index (χ3v) is 4.13. The van der Waals surface area contributed by atoms with Gasteiger partial charge in [-0.1, -0.05) is 15.9 Å². The molecule has 0 aliphatic rings. The van der Waals surface area contributed by atoms with E-state index in [1.54, 1.807) is 36.4 Å². The summed E-state index contributed by atoms with van der Waals surface area (Å²) in [6, 6.07) is 8.63. The topological polar surface area (TPSA) is 138 Å². The number of amidine groups is 1. The quantitative estimate of drug-likeness (QED) is 0.299. The van der Waals surface area contributed by atoms with Crippen LogP contribution in [0.15, 0.2) is 40.9 Å². The predicted octanol–water partition coefficient (Wildman–Crippen LogP) is 2.35. The van der Waals surface area contributed by atoms with Crippen molar-refractivity contribution in [2.24, 2.45) is 5.73 Å². The number of aliphatic hydroxyl groups excluding tert-OH is 1. The third-order valence-electron chi connectivity index (χ3n) is 3.67. The molecule has 0 aliphatic heterocycles. The van der Waals surface area contributed by atoms with E-state index in [0.717, 1.165) is 0 Å². The molecular formula is C18H20BrN3O5. The zero-order chi connectivity index (χ0) is 20.0. The lowest BCUT2D eigenvalue weighted by Crippen LogP contribution is -2.22. The van der Waals surface area contributed by atoms with Gasteiger partial charge >= 0.3 is 5.97 Å². The van der Waals surface area contributed by atoms with Gasteiger partial charge in [0.15, 0.2) is 17.5 Å². The lowest BCUT2D eigenvalue weighted by atomic mass is 10.0. The van der Waals surface area contributed by atoms with E-state index in [2.05, 4.69) is 21.2 Å². The van der Waals surface area contributed by atoms with Crippen molar-refractivity contribution in [1.29, 1.82) is 5.41 Å². The van der Waals surface area contributed by atoms with Gasteiger partial charge in [0.2, 0.25) is 0 Å². The number of aliphatic carboxylic acids is 1. The summed E-state index contributed by atoms with van der Waals surface area (Å²) in [5.41, 5.74) is 6.82. The highest BCUT2D eigenvalue weighted by molar-refractivity contribution is 9.10. The van der Waals surface area contributed by atoms with Crippen LogP contribution in [0.2, 0.25) is 0 Å². The number of anilines is 1. The smallest absolute Gasteiger partial charge is 0.330 e. The molecule has 0 heterocycles. The molecule has 144 valence electrons. The van der Waals surface area contributed by atoms with Crippen molar-refractivity contribution in [3.63, 3.8) is 0 Å². The normalized spacial score (nSPS) is 11.5. The van der Waals surface area contributed by atoms with Gasteiger partial charge in [-0.15, -0.1) is 0 Å². The molecular weight excluding hydrogens is 418 g/mol. The minimum Gasteiger partial charge on any atom is -0.493 e. The maximum absolute atomic E-state index is 11.9. The van der Waals surface area contributed by atoms with Gasteiger partial charge in [-0.05, 0) is 36.4 Å². The molecule has 1 atom stereocenters. The highest BCUT2D eigenvalue weighted by Gasteiger charge is 2.27. The number of halogens is 1. The van der Waals surface area contributed by atoms with Crippen LogP contribution in [-0.4, -0.2) is 42.3 Å². The number of rotatable bonds is 9. The zero-order valence-corrected chi connectivity index (χ0v) is 16.1. The van der Waals surface area contributed by atoms with Crippen LogP contribution in [0.3, 0.4) is 0 Å². The Hall–Kier alpha value is -2.78. The lowest BCUT2D eigenvalue weighted by Gasteiger charge is -2.21. The third kappa shape index (κ3) is 5.11. The zero-order valence-electron chi connectivity index (χ0n) is 14.5. The molecule has 0 saturated heterocycles. The molecule has 1 unspecified atom stereocenters. The fraction of sp³-hybridized carbons (Fsp3) is 0.222. The van der Waals surface area contributed by atoms with Crippen LogP contribution in [-0.2, 0) is 4.79 Å².